The summed E-state index contributed by atoms with van der Waals surface area (Å²) < 4.78 is 14.3. The predicted molar refractivity (Wildman–Crippen MR) is 85.1 cm³/mol. The third-order valence-corrected chi connectivity index (χ3v) is 3.99. The van der Waals surface area contributed by atoms with Crippen LogP contribution < -0.4 is 11.1 Å². The van der Waals surface area contributed by atoms with Crippen molar-refractivity contribution in [2.24, 2.45) is 10.9 Å². The first-order chi connectivity index (χ1) is 10.0. The van der Waals surface area contributed by atoms with Crippen molar-refractivity contribution < 1.29 is 9.60 Å². The number of nitrogens with zero attached hydrogens (tertiary/aromatic N) is 1. The van der Waals surface area contributed by atoms with Crippen molar-refractivity contribution in [1.82, 2.24) is 0 Å². The largest absolute Gasteiger partial charge is 0.409 e. The lowest BCUT2D eigenvalue weighted by Gasteiger charge is -2.12. The summed E-state index contributed by atoms with van der Waals surface area (Å²) in [5.74, 6) is -0.543. The van der Waals surface area contributed by atoms with E-state index in [9.17, 15) is 4.39 Å². The molecule has 0 heterocycles. The summed E-state index contributed by atoms with van der Waals surface area (Å²) in [6.45, 7) is 2.43. The first kappa shape index (κ1) is 15.3. The number of rotatable bonds is 4. The summed E-state index contributed by atoms with van der Waals surface area (Å²) in [5, 5.41) is 14.9. The molecule has 0 atom stereocenters. The second kappa shape index (κ2) is 6.58. The SMILES string of the molecule is Cc1cc(NCc2ccc(F)cc2C(N)=NO)ccc1Br. The van der Waals surface area contributed by atoms with Crippen LogP contribution in [0.25, 0.3) is 0 Å². The summed E-state index contributed by atoms with van der Waals surface area (Å²) in [6, 6.07) is 10.1. The molecule has 6 heteroatoms. The average molecular weight is 352 g/mol. The average Bonchev–Trinajstić information content (AvgIpc) is 2.48. The number of nitrogens with two attached hydrogens (primary N) is 1. The third kappa shape index (κ3) is 3.72. The zero-order valence-electron chi connectivity index (χ0n) is 11.4. The molecule has 2 aromatic carbocycles. The lowest BCUT2D eigenvalue weighted by Crippen LogP contribution is -2.17. The van der Waals surface area contributed by atoms with E-state index >= 15 is 0 Å². The second-order valence-corrected chi connectivity index (χ2v) is 5.46. The molecule has 0 bridgehead atoms. The van der Waals surface area contributed by atoms with Gasteiger partial charge < -0.3 is 16.3 Å². The molecule has 0 aliphatic carbocycles. The number of halogens is 2. The molecule has 0 unspecified atom stereocenters. The Kier molecular flexibility index (Phi) is 4.80. The van der Waals surface area contributed by atoms with Crippen LogP contribution in [-0.4, -0.2) is 11.0 Å². The van der Waals surface area contributed by atoms with Gasteiger partial charge in [-0.05, 0) is 48.4 Å². The Hall–Kier alpha value is -2.08. The topological polar surface area (TPSA) is 70.6 Å². The maximum Gasteiger partial charge on any atom is 0.170 e. The van der Waals surface area contributed by atoms with E-state index in [0.717, 1.165) is 21.3 Å². The van der Waals surface area contributed by atoms with Gasteiger partial charge in [0.1, 0.15) is 5.82 Å². The lowest BCUT2D eigenvalue weighted by molar-refractivity contribution is 0.318. The summed E-state index contributed by atoms with van der Waals surface area (Å²) in [5.41, 5.74) is 8.74. The molecule has 2 aromatic rings. The number of amidine groups is 1. The lowest BCUT2D eigenvalue weighted by atomic mass is 10.1. The maximum atomic E-state index is 13.3. The molecule has 4 nitrogen and oxygen atoms in total. The highest BCUT2D eigenvalue weighted by atomic mass is 79.9. The fraction of sp³-hybridized carbons (Fsp3) is 0.133. The van der Waals surface area contributed by atoms with Crippen LogP contribution in [0.1, 0.15) is 16.7 Å². The van der Waals surface area contributed by atoms with Crippen LogP contribution >= 0.6 is 15.9 Å². The summed E-state index contributed by atoms with van der Waals surface area (Å²) in [4.78, 5) is 0. The van der Waals surface area contributed by atoms with Crippen molar-refractivity contribution in [3.05, 3.63) is 63.4 Å². The third-order valence-electron chi connectivity index (χ3n) is 3.10. The van der Waals surface area contributed by atoms with Gasteiger partial charge in [0.15, 0.2) is 5.84 Å². The fourth-order valence-electron chi connectivity index (χ4n) is 1.95. The van der Waals surface area contributed by atoms with Gasteiger partial charge in [-0.15, -0.1) is 0 Å². The molecule has 0 aromatic heterocycles. The molecule has 0 fully saturated rings. The van der Waals surface area contributed by atoms with Gasteiger partial charge in [0, 0.05) is 22.3 Å². The Morgan fingerprint density at radius 3 is 2.76 bits per heavy atom. The second-order valence-electron chi connectivity index (χ2n) is 4.60. The van der Waals surface area contributed by atoms with Crippen LogP contribution in [0, 0.1) is 12.7 Å². The van der Waals surface area contributed by atoms with Crippen molar-refractivity contribution in [1.29, 1.82) is 0 Å². The van der Waals surface area contributed by atoms with Crippen LogP contribution in [0.5, 0.6) is 0 Å². The smallest absolute Gasteiger partial charge is 0.170 e. The van der Waals surface area contributed by atoms with Gasteiger partial charge in [-0.25, -0.2) is 4.39 Å². The molecule has 0 aliphatic heterocycles. The van der Waals surface area contributed by atoms with Crippen LogP contribution in [-0.2, 0) is 6.54 Å². The minimum Gasteiger partial charge on any atom is -0.409 e. The number of anilines is 1. The van der Waals surface area contributed by atoms with Crippen molar-refractivity contribution >= 4 is 27.5 Å². The minimum absolute atomic E-state index is 0.113. The molecule has 21 heavy (non-hydrogen) atoms. The van der Waals surface area contributed by atoms with Crippen molar-refractivity contribution in [3.63, 3.8) is 0 Å². The van der Waals surface area contributed by atoms with Gasteiger partial charge in [-0.2, -0.15) is 0 Å². The van der Waals surface area contributed by atoms with E-state index in [4.69, 9.17) is 10.9 Å². The zero-order chi connectivity index (χ0) is 15.4. The quantitative estimate of drug-likeness (QED) is 0.341. The zero-order valence-corrected chi connectivity index (χ0v) is 13.0. The van der Waals surface area contributed by atoms with Gasteiger partial charge in [0.2, 0.25) is 0 Å². The van der Waals surface area contributed by atoms with E-state index in [1.165, 1.54) is 12.1 Å². The van der Waals surface area contributed by atoms with Crippen LogP contribution in [0.15, 0.2) is 46.0 Å². The van der Waals surface area contributed by atoms with Gasteiger partial charge >= 0.3 is 0 Å². The molecule has 0 saturated carbocycles. The number of hydrogen-bond donors (Lipinski definition) is 3. The maximum absolute atomic E-state index is 13.3. The van der Waals surface area contributed by atoms with Crippen molar-refractivity contribution in [2.45, 2.75) is 13.5 Å². The molecule has 0 saturated heterocycles. The van der Waals surface area contributed by atoms with Crippen LogP contribution in [0.3, 0.4) is 0 Å². The molecule has 2 rings (SSSR count). The number of oxime groups is 1. The van der Waals surface area contributed by atoms with E-state index in [0.29, 0.717) is 12.1 Å². The first-order valence-corrected chi connectivity index (χ1v) is 7.07. The highest BCUT2D eigenvalue weighted by Gasteiger charge is 2.09. The summed E-state index contributed by atoms with van der Waals surface area (Å²) >= 11 is 3.44. The monoisotopic (exact) mass is 351 g/mol. The summed E-state index contributed by atoms with van der Waals surface area (Å²) in [7, 11) is 0. The van der Waals surface area contributed by atoms with Gasteiger partial charge in [0.25, 0.3) is 0 Å². The van der Waals surface area contributed by atoms with Crippen LogP contribution in [0.2, 0.25) is 0 Å². The van der Waals surface area contributed by atoms with Gasteiger partial charge in [-0.1, -0.05) is 27.2 Å². The highest BCUT2D eigenvalue weighted by molar-refractivity contribution is 9.10. The van der Waals surface area contributed by atoms with Gasteiger partial charge in [0.05, 0.1) is 0 Å². The van der Waals surface area contributed by atoms with Crippen LogP contribution in [0.4, 0.5) is 10.1 Å². The van der Waals surface area contributed by atoms with E-state index in [1.807, 2.05) is 25.1 Å². The minimum atomic E-state index is -0.431. The van der Waals surface area contributed by atoms with E-state index in [-0.39, 0.29) is 5.84 Å². The van der Waals surface area contributed by atoms with Gasteiger partial charge in [-0.3, -0.25) is 0 Å². The normalized spacial score (nSPS) is 11.5. The van der Waals surface area contributed by atoms with E-state index in [2.05, 4.69) is 26.4 Å². The fourth-order valence-corrected chi connectivity index (χ4v) is 2.19. The number of aryl methyl sites for hydroxylation is 1. The molecule has 110 valence electrons. The Labute approximate surface area is 130 Å². The van der Waals surface area contributed by atoms with E-state index in [1.54, 1.807) is 6.07 Å². The highest BCUT2D eigenvalue weighted by Crippen LogP contribution is 2.21. The Bertz CT molecular complexity index is 689. The summed E-state index contributed by atoms with van der Waals surface area (Å²) in [6.07, 6.45) is 0. The first-order valence-electron chi connectivity index (χ1n) is 6.27. The van der Waals surface area contributed by atoms with Crippen molar-refractivity contribution in [3.8, 4) is 0 Å². The Balaban J connectivity index is 2.21. The number of nitrogens with one attached hydrogen (secondary N) is 1. The molecule has 0 spiro atoms. The molecule has 0 radical (unpaired) electrons. The Morgan fingerprint density at radius 2 is 2.10 bits per heavy atom. The molecule has 4 N–H and O–H groups in total. The van der Waals surface area contributed by atoms with E-state index < -0.39 is 5.82 Å². The van der Waals surface area contributed by atoms with Crippen molar-refractivity contribution in [2.75, 3.05) is 5.32 Å². The standard InChI is InChI=1S/C15H15BrFN3O/c1-9-6-12(4-5-14(9)16)19-8-10-2-3-11(17)7-13(10)15(18)20-21/h2-7,19,21H,8H2,1H3,(H2,18,20). The molecule has 0 amide bonds. The number of hydrogen-bond acceptors (Lipinski definition) is 3. The molecular formula is C15H15BrFN3O. The Morgan fingerprint density at radius 1 is 1.33 bits per heavy atom. The molecular weight excluding hydrogens is 337 g/mol. The number of benzene rings is 2. The predicted octanol–water partition coefficient (Wildman–Crippen LogP) is 3.60. The molecule has 0 aliphatic rings.